The van der Waals surface area contributed by atoms with Crippen molar-refractivity contribution in [3.63, 3.8) is 0 Å². The van der Waals surface area contributed by atoms with E-state index in [-0.39, 0.29) is 5.52 Å². The van der Waals surface area contributed by atoms with E-state index in [0.717, 1.165) is 22.8 Å². The second-order valence-electron chi connectivity index (χ2n) is 9.84. The predicted molar refractivity (Wildman–Crippen MR) is 151 cm³/mol. The number of aryl methyl sites for hydroxylation is 2. The van der Waals surface area contributed by atoms with E-state index in [9.17, 15) is 18.0 Å². The van der Waals surface area contributed by atoms with Crippen molar-refractivity contribution >= 4 is 16.8 Å². The molecule has 0 aliphatic carbocycles. The van der Waals surface area contributed by atoms with Crippen molar-refractivity contribution in [1.82, 2.24) is 9.78 Å². The summed E-state index contributed by atoms with van der Waals surface area (Å²) in [5, 5.41) is 4.87. The molecule has 0 aliphatic rings. The number of hydrogen-bond acceptors (Lipinski definition) is 4. The van der Waals surface area contributed by atoms with Crippen LogP contribution in [0, 0.1) is 13.8 Å². The van der Waals surface area contributed by atoms with Crippen LogP contribution in [0.4, 0.5) is 13.2 Å². The maximum absolute atomic E-state index is 13.9. The molecule has 9 heteroatoms. The van der Waals surface area contributed by atoms with Crippen LogP contribution >= 0.6 is 0 Å². The first kappa shape index (κ1) is 27.9. The fraction of sp³-hybridized carbons (Fsp3) is 0.188. The zero-order chi connectivity index (χ0) is 29.3. The summed E-state index contributed by atoms with van der Waals surface area (Å²) in [6.07, 6.45) is -5.36. The largest absolute Gasteiger partial charge is 0.461 e. The number of benzene rings is 4. The van der Waals surface area contributed by atoms with Crippen LogP contribution in [-0.2, 0) is 17.5 Å². The third kappa shape index (κ3) is 5.81. The summed E-state index contributed by atoms with van der Waals surface area (Å²) in [5.74, 6) is -0.102. The second kappa shape index (κ2) is 11.1. The van der Waals surface area contributed by atoms with E-state index in [1.165, 1.54) is 13.2 Å². The van der Waals surface area contributed by atoms with Gasteiger partial charge in [0.1, 0.15) is 11.3 Å². The topological polar surface area (TPSA) is 79.4 Å². The number of nitrogens with two attached hydrogens (primary N) is 1. The Hall–Kier alpha value is -4.63. The number of halogens is 3. The van der Waals surface area contributed by atoms with Crippen LogP contribution in [0.1, 0.15) is 44.5 Å². The quantitative estimate of drug-likeness (QED) is 0.204. The molecule has 5 aromatic rings. The molecule has 2 N–H and O–H groups in total. The number of alkyl halides is 3. The van der Waals surface area contributed by atoms with Crippen LogP contribution in [0.25, 0.3) is 22.2 Å². The monoisotopic (exact) mass is 559 g/mol. The molecule has 0 saturated heterocycles. The van der Waals surface area contributed by atoms with E-state index in [2.05, 4.69) is 5.10 Å². The Labute approximate surface area is 235 Å². The summed E-state index contributed by atoms with van der Waals surface area (Å²) >= 11 is 0. The number of primary amides is 1. The van der Waals surface area contributed by atoms with E-state index < -0.39 is 23.9 Å². The number of carbonyl (C=O) groups is 1. The average Bonchev–Trinajstić information content (AvgIpc) is 3.31. The molecule has 1 unspecified atom stereocenters. The van der Waals surface area contributed by atoms with Crippen LogP contribution < -0.4 is 10.5 Å². The highest BCUT2D eigenvalue weighted by atomic mass is 19.4. The normalized spacial score (nSPS) is 12.4. The van der Waals surface area contributed by atoms with E-state index in [1.807, 2.05) is 32.0 Å². The van der Waals surface area contributed by atoms with E-state index in [1.54, 1.807) is 59.3 Å². The van der Waals surface area contributed by atoms with Gasteiger partial charge in [0.2, 0.25) is 12.2 Å². The summed E-state index contributed by atoms with van der Waals surface area (Å²) in [4.78, 5) is 11.6. The average molecular weight is 560 g/mol. The van der Waals surface area contributed by atoms with Crippen molar-refractivity contribution in [2.24, 2.45) is 5.73 Å². The number of ether oxygens (including phenoxy) is 2. The lowest BCUT2D eigenvalue weighted by molar-refractivity contribution is -0.136. The van der Waals surface area contributed by atoms with Gasteiger partial charge in [-0.3, -0.25) is 9.48 Å². The molecule has 5 rings (SSSR count). The highest BCUT2D eigenvalue weighted by Crippen LogP contribution is 2.39. The smallest absolute Gasteiger partial charge is 0.418 e. The Morgan fingerprint density at radius 3 is 2.37 bits per heavy atom. The van der Waals surface area contributed by atoms with E-state index in [4.69, 9.17) is 15.2 Å². The van der Waals surface area contributed by atoms with Gasteiger partial charge < -0.3 is 15.2 Å². The maximum atomic E-state index is 13.9. The number of hydrogen-bond donors (Lipinski definition) is 1. The lowest BCUT2D eigenvalue weighted by Gasteiger charge is -2.18. The van der Waals surface area contributed by atoms with E-state index >= 15 is 0 Å². The SMILES string of the molecule is COC(Oc1ccc(-c2c3cccc(C(F)(F)F)c3nn2Cc2ccc(C)cc2C)cc1)c1cccc(C(N)=O)c1. The minimum Gasteiger partial charge on any atom is -0.461 e. The van der Waals surface area contributed by atoms with Gasteiger partial charge in [0.05, 0.1) is 17.8 Å². The minimum absolute atomic E-state index is 0.103. The summed E-state index contributed by atoms with van der Waals surface area (Å²) in [6, 6.07) is 23.7. The van der Waals surface area contributed by atoms with Crippen LogP contribution in [0.2, 0.25) is 0 Å². The Morgan fingerprint density at radius 1 is 0.976 bits per heavy atom. The maximum Gasteiger partial charge on any atom is 0.418 e. The Kier molecular flexibility index (Phi) is 7.55. The molecule has 210 valence electrons. The van der Waals surface area contributed by atoms with Gasteiger partial charge in [-0.15, -0.1) is 0 Å². The molecule has 4 aromatic carbocycles. The second-order valence-corrected chi connectivity index (χ2v) is 9.84. The predicted octanol–water partition coefficient (Wildman–Crippen LogP) is 7.21. The van der Waals surface area contributed by atoms with Crippen LogP contribution in [0.3, 0.4) is 0 Å². The van der Waals surface area contributed by atoms with Crippen LogP contribution in [0.5, 0.6) is 5.75 Å². The standard InChI is InChI=1S/C32H28F3N3O3/c1-19-10-11-24(20(2)16-19)18-38-29(26-8-5-9-27(28(26)37-38)32(33,34)35)21-12-14-25(15-13-21)41-31(40-3)23-7-4-6-22(17-23)30(36)39/h4-17,31H,18H2,1-3H3,(H2,36,39). The van der Waals surface area contributed by atoms with Crippen molar-refractivity contribution in [2.45, 2.75) is 32.9 Å². The van der Waals surface area contributed by atoms with Crippen molar-refractivity contribution in [3.05, 3.63) is 118 Å². The van der Waals surface area contributed by atoms with Gasteiger partial charge in [-0.1, -0.05) is 48.0 Å². The molecule has 0 bridgehead atoms. The van der Waals surface area contributed by atoms with Crippen LogP contribution in [-0.4, -0.2) is 22.8 Å². The highest BCUT2D eigenvalue weighted by Gasteiger charge is 2.34. The number of fused-ring (bicyclic) bond motifs is 1. The molecular formula is C32H28F3N3O3. The number of aromatic nitrogens is 2. The number of carbonyl (C=O) groups excluding carboxylic acids is 1. The van der Waals surface area contributed by atoms with Crippen molar-refractivity contribution in [2.75, 3.05) is 7.11 Å². The third-order valence-electron chi connectivity index (χ3n) is 6.92. The van der Waals surface area contributed by atoms with Crippen LogP contribution in [0.15, 0.2) is 84.9 Å². The third-order valence-corrected chi connectivity index (χ3v) is 6.92. The summed E-state index contributed by atoms with van der Waals surface area (Å²) < 4.78 is 54.9. The molecule has 1 atom stereocenters. The first-order valence-electron chi connectivity index (χ1n) is 12.9. The lowest BCUT2D eigenvalue weighted by atomic mass is 10.0. The lowest BCUT2D eigenvalue weighted by Crippen LogP contribution is -2.14. The van der Waals surface area contributed by atoms with Gasteiger partial charge in [-0.2, -0.15) is 18.3 Å². The molecule has 0 fully saturated rings. The fourth-order valence-corrected chi connectivity index (χ4v) is 4.89. The van der Waals surface area contributed by atoms with E-state index in [0.29, 0.717) is 40.1 Å². The number of methoxy groups -OCH3 is 1. The highest BCUT2D eigenvalue weighted by molar-refractivity contribution is 5.95. The Balaban J connectivity index is 1.54. The molecule has 0 spiro atoms. The Bertz CT molecular complexity index is 1730. The zero-order valence-electron chi connectivity index (χ0n) is 22.7. The summed E-state index contributed by atoms with van der Waals surface area (Å²) in [7, 11) is 1.48. The number of amides is 1. The molecule has 0 aliphatic heterocycles. The molecule has 1 amide bonds. The molecule has 1 aromatic heterocycles. The number of nitrogens with zero attached hydrogens (tertiary/aromatic N) is 2. The summed E-state index contributed by atoms with van der Waals surface area (Å²) in [6.45, 7) is 4.27. The molecule has 41 heavy (non-hydrogen) atoms. The van der Waals surface area contributed by atoms with Gasteiger partial charge >= 0.3 is 6.18 Å². The van der Waals surface area contributed by atoms with Gasteiger partial charge in [-0.25, -0.2) is 0 Å². The molecule has 6 nitrogen and oxygen atoms in total. The minimum atomic E-state index is -4.55. The van der Waals surface area contributed by atoms with Crippen molar-refractivity contribution in [1.29, 1.82) is 0 Å². The molecule has 0 radical (unpaired) electrons. The van der Waals surface area contributed by atoms with Gasteiger partial charge in [0, 0.05) is 29.2 Å². The van der Waals surface area contributed by atoms with Gasteiger partial charge in [0.25, 0.3) is 0 Å². The van der Waals surface area contributed by atoms with Gasteiger partial charge in [0.15, 0.2) is 0 Å². The molecular weight excluding hydrogens is 531 g/mol. The first-order valence-corrected chi connectivity index (χ1v) is 12.9. The van der Waals surface area contributed by atoms with Crippen molar-refractivity contribution < 1.29 is 27.4 Å². The van der Waals surface area contributed by atoms with Crippen molar-refractivity contribution in [3.8, 4) is 17.0 Å². The van der Waals surface area contributed by atoms with Gasteiger partial charge in [-0.05, 0) is 67.4 Å². The molecule has 1 heterocycles. The summed E-state index contributed by atoms with van der Waals surface area (Å²) in [5.41, 5.74) is 9.77. The molecule has 0 saturated carbocycles. The number of rotatable bonds is 8. The fourth-order valence-electron chi connectivity index (χ4n) is 4.89. The zero-order valence-corrected chi connectivity index (χ0v) is 22.7. The Morgan fingerprint density at radius 2 is 1.71 bits per heavy atom. The first-order chi connectivity index (χ1) is 19.5.